The molecule has 2 rings (SSSR count). The number of rotatable bonds is 4. The molecule has 4 nitrogen and oxygen atoms in total. The minimum Gasteiger partial charge on any atom is -0.329 e. The molecule has 1 atom stereocenters. The van der Waals surface area contributed by atoms with E-state index in [0.29, 0.717) is 12.1 Å². The van der Waals surface area contributed by atoms with E-state index in [2.05, 4.69) is 42.6 Å². The fraction of sp³-hybridized carbons (Fsp3) is 1.00. The van der Waals surface area contributed by atoms with Crippen LogP contribution in [0.15, 0.2) is 0 Å². The fourth-order valence-electron chi connectivity index (χ4n) is 3.70. The number of likely N-dealkylation sites (N-methyl/N-ethyl adjacent to an activating group) is 1. The molecule has 2 fully saturated rings. The van der Waals surface area contributed by atoms with Crippen molar-refractivity contribution in [2.45, 2.75) is 50.7 Å². The van der Waals surface area contributed by atoms with Gasteiger partial charge in [0.25, 0.3) is 0 Å². The topological polar surface area (TPSA) is 35.7 Å². The Hall–Kier alpha value is -0.160. The second-order valence-electron chi connectivity index (χ2n) is 6.89. The molecule has 2 heterocycles. The van der Waals surface area contributed by atoms with Gasteiger partial charge in [0, 0.05) is 37.3 Å². The van der Waals surface area contributed by atoms with Crippen molar-refractivity contribution in [3.05, 3.63) is 0 Å². The smallest absolute Gasteiger partial charge is 0.0470 e. The molecule has 2 aliphatic rings. The van der Waals surface area contributed by atoms with Gasteiger partial charge in [0.1, 0.15) is 0 Å². The van der Waals surface area contributed by atoms with Gasteiger partial charge in [-0.25, -0.2) is 0 Å². The Morgan fingerprint density at radius 3 is 2.37 bits per heavy atom. The second kappa shape index (κ2) is 6.08. The normalized spacial score (nSPS) is 31.7. The van der Waals surface area contributed by atoms with Crippen molar-refractivity contribution in [1.29, 1.82) is 0 Å². The Bertz CT molecular complexity index is 286. The Balaban J connectivity index is 2.01. The van der Waals surface area contributed by atoms with Crippen molar-refractivity contribution in [1.82, 2.24) is 14.7 Å². The van der Waals surface area contributed by atoms with Crippen LogP contribution < -0.4 is 5.73 Å². The highest BCUT2D eigenvalue weighted by Gasteiger charge is 2.43. The molecule has 0 bridgehead atoms. The third kappa shape index (κ3) is 3.13. The highest BCUT2D eigenvalue weighted by molar-refractivity contribution is 5.02. The maximum atomic E-state index is 6.19. The second-order valence-corrected chi connectivity index (χ2v) is 6.89. The fourth-order valence-corrected chi connectivity index (χ4v) is 3.70. The van der Waals surface area contributed by atoms with Crippen LogP contribution in [0.25, 0.3) is 0 Å². The van der Waals surface area contributed by atoms with Crippen LogP contribution in [0, 0.1) is 0 Å². The van der Waals surface area contributed by atoms with Gasteiger partial charge in [0.2, 0.25) is 0 Å². The standard InChI is InChI=1S/C15H32N4/c1-13(2)19-10-7-15(11-16,12-19)18(4)14-5-8-17(3)9-6-14/h13-14H,5-12,16H2,1-4H3. The lowest BCUT2D eigenvalue weighted by molar-refractivity contribution is 0.0459. The molecule has 2 N–H and O–H groups in total. The van der Waals surface area contributed by atoms with E-state index in [0.717, 1.165) is 13.1 Å². The number of nitrogens with two attached hydrogens (primary N) is 1. The van der Waals surface area contributed by atoms with Crippen LogP contribution in [-0.4, -0.2) is 79.1 Å². The van der Waals surface area contributed by atoms with Crippen LogP contribution in [0.4, 0.5) is 0 Å². The largest absolute Gasteiger partial charge is 0.329 e. The summed E-state index contributed by atoms with van der Waals surface area (Å²) in [6, 6.07) is 1.35. The molecule has 112 valence electrons. The van der Waals surface area contributed by atoms with Gasteiger partial charge in [-0.05, 0) is 60.3 Å². The molecule has 0 saturated carbocycles. The minimum atomic E-state index is 0.213. The molecule has 0 aromatic rings. The summed E-state index contributed by atoms with van der Waals surface area (Å²) in [5.41, 5.74) is 6.40. The number of hydrogen-bond donors (Lipinski definition) is 1. The molecule has 0 amide bonds. The Morgan fingerprint density at radius 2 is 1.89 bits per heavy atom. The summed E-state index contributed by atoms with van der Waals surface area (Å²) in [5.74, 6) is 0. The Morgan fingerprint density at radius 1 is 1.26 bits per heavy atom. The van der Waals surface area contributed by atoms with Gasteiger partial charge in [-0.15, -0.1) is 0 Å². The van der Waals surface area contributed by atoms with Crippen LogP contribution in [0.3, 0.4) is 0 Å². The van der Waals surface area contributed by atoms with Crippen LogP contribution in [-0.2, 0) is 0 Å². The van der Waals surface area contributed by atoms with Crippen molar-refractivity contribution in [2.24, 2.45) is 5.73 Å². The molecule has 1 unspecified atom stereocenters. The molecule has 0 aliphatic carbocycles. The van der Waals surface area contributed by atoms with Crippen molar-refractivity contribution < 1.29 is 0 Å². The number of hydrogen-bond acceptors (Lipinski definition) is 4. The van der Waals surface area contributed by atoms with Crippen LogP contribution in [0.5, 0.6) is 0 Å². The highest BCUT2D eigenvalue weighted by Crippen LogP contribution is 2.31. The summed E-state index contributed by atoms with van der Waals surface area (Å²) in [7, 11) is 4.54. The Labute approximate surface area is 118 Å². The zero-order chi connectivity index (χ0) is 14.0. The summed E-state index contributed by atoms with van der Waals surface area (Å²) in [6.45, 7) is 10.2. The summed E-state index contributed by atoms with van der Waals surface area (Å²) in [5, 5.41) is 0. The average Bonchev–Trinajstić information content (AvgIpc) is 2.85. The quantitative estimate of drug-likeness (QED) is 0.819. The predicted molar refractivity (Wildman–Crippen MR) is 81.4 cm³/mol. The van der Waals surface area contributed by atoms with Gasteiger partial charge in [0.05, 0.1) is 0 Å². The molecule has 0 aromatic heterocycles. The van der Waals surface area contributed by atoms with E-state index in [1.165, 1.54) is 38.9 Å². The molecule has 0 spiro atoms. The molecule has 19 heavy (non-hydrogen) atoms. The first-order valence-electron chi connectivity index (χ1n) is 7.84. The maximum Gasteiger partial charge on any atom is 0.0470 e. The zero-order valence-corrected chi connectivity index (χ0v) is 13.2. The van der Waals surface area contributed by atoms with Gasteiger partial charge in [-0.2, -0.15) is 0 Å². The summed E-state index contributed by atoms with van der Waals surface area (Å²) in [4.78, 5) is 7.65. The molecule has 2 aliphatic heterocycles. The predicted octanol–water partition coefficient (Wildman–Crippen LogP) is 0.824. The van der Waals surface area contributed by atoms with Crippen molar-refractivity contribution in [2.75, 3.05) is 46.8 Å². The van der Waals surface area contributed by atoms with Crippen molar-refractivity contribution in [3.8, 4) is 0 Å². The van der Waals surface area contributed by atoms with Crippen LogP contribution in [0.1, 0.15) is 33.1 Å². The third-order valence-electron chi connectivity index (χ3n) is 5.46. The summed E-state index contributed by atoms with van der Waals surface area (Å²) >= 11 is 0. The molecular formula is C15H32N4. The summed E-state index contributed by atoms with van der Waals surface area (Å²) < 4.78 is 0. The van der Waals surface area contributed by atoms with Crippen LogP contribution >= 0.6 is 0 Å². The third-order valence-corrected chi connectivity index (χ3v) is 5.46. The lowest BCUT2D eigenvalue weighted by Gasteiger charge is -2.45. The van der Waals surface area contributed by atoms with Gasteiger partial charge < -0.3 is 10.6 Å². The van der Waals surface area contributed by atoms with E-state index in [1.54, 1.807) is 0 Å². The van der Waals surface area contributed by atoms with E-state index in [1.807, 2.05) is 0 Å². The maximum absolute atomic E-state index is 6.19. The first-order valence-corrected chi connectivity index (χ1v) is 7.84. The molecule has 2 saturated heterocycles. The van der Waals surface area contributed by atoms with Gasteiger partial charge in [-0.1, -0.05) is 0 Å². The van der Waals surface area contributed by atoms with E-state index < -0.39 is 0 Å². The molecule has 4 heteroatoms. The highest BCUT2D eigenvalue weighted by atomic mass is 15.3. The van der Waals surface area contributed by atoms with Gasteiger partial charge >= 0.3 is 0 Å². The Kier molecular flexibility index (Phi) is 4.88. The first kappa shape index (κ1) is 15.2. The number of nitrogens with zero attached hydrogens (tertiary/aromatic N) is 3. The number of likely N-dealkylation sites (tertiary alicyclic amines) is 2. The van der Waals surface area contributed by atoms with Gasteiger partial charge in [0.15, 0.2) is 0 Å². The van der Waals surface area contributed by atoms with Gasteiger partial charge in [-0.3, -0.25) is 9.80 Å². The SMILES string of the molecule is CC(C)N1CCC(CN)(N(C)C2CCN(C)CC2)C1. The van der Waals surface area contributed by atoms with E-state index in [9.17, 15) is 0 Å². The van der Waals surface area contributed by atoms with Crippen LogP contribution in [0.2, 0.25) is 0 Å². The minimum absolute atomic E-state index is 0.213. The van der Waals surface area contributed by atoms with Crippen molar-refractivity contribution in [3.63, 3.8) is 0 Å². The number of piperidine rings is 1. The molecule has 0 aromatic carbocycles. The van der Waals surface area contributed by atoms with E-state index in [-0.39, 0.29) is 5.54 Å². The lowest BCUT2D eigenvalue weighted by atomic mass is 9.91. The van der Waals surface area contributed by atoms with E-state index >= 15 is 0 Å². The monoisotopic (exact) mass is 268 g/mol. The molecular weight excluding hydrogens is 236 g/mol. The molecule has 0 radical (unpaired) electrons. The van der Waals surface area contributed by atoms with Crippen molar-refractivity contribution >= 4 is 0 Å². The first-order chi connectivity index (χ1) is 8.98. The average molecular weight is 268 g/mol. The van der Waals surface area contributed by atoms with E-state index in [4.69, 9.17) is 5.73 Å². The zero-order valence-electron chi connectivity index (χ0n) is 13.2. The lowest BCUT2D eigenvalue weighted by Crippen LogP contribution is -2.59. The summed E-state index contributed by atoms with van der Waals surface area (Å²) in [6.07, 6.45) is 3.80.